The number of methoxy groups -OCH3 is 1. The highest BCUT2D eigenvalue weighted by Crippen LogP contribution is 2.30. The van der Waals surface area contributed by atoms with Crippen molar-refractivity contribution < 1.29 is 38.4 Å². The summed E-state index contributed by atoms with van der Waals surface area (Å²) < 4.78 is 29.2. The molecule has 1 aliphatic rings. The highest BCUT2D eigenvalue weighted by Gasteiger charge is 2.52. The molecule has 4 rings (SSSR count). The first kappa shape index (κ1) is 27.2. The largest absolute Gasteiger partial charge is 0.452 e. The second-order valence-corrected chi connectivity index (χ2v) is 8.95. The fourth-order valence-electron chi connectivity index (χ4n) is 4.13. The molecule has 1 fully saturated rings. The second kappa shape index (κ2) is 12.1. The van der Waals surface area contributed by atoms with Gasteiger partial charge in [-0.3, -0.25) is 0 Å². The molecular weight excluding hydrogens is 492 g/mol. The number of aliphatic hydroxyl groups is 1. The van der Waals surface area contributed by atoms with Crippen molar-refractivity contribution in [3.8, 4) is 6.01 Å². The predicted octanol–water partition coefficient (Wildman–Crippen LogP) is 2.96. The molecule has 0 radical (unpaired) electrons. The molecule has 1 N–H and O–H groups in total. The van der Waals surface area contributed by atoms with Crippen molar-refractivity contribution in [2.75, 3.05) is 13.7 Å². The molecule has 10 nitrogen and oxygen atoms in total. The first-order valence-corrected chi connectivity index (χ1v) is 12.1. The third-order valence-corrected chi connectivity index (χ3v) is 5.99. The highest BCUT2D eigenvalue weighted by molar-refractivity contribution is 5.90. The van der Waals surface area contributed by atoms with E-state index >= 15 is 0 Å². The van der Waals surface area contributed by atoms with E-state index in [0.29, 0.717) is 11.4 Å². The molecule has 0 amide bonds. The lowest BCUT2D eigenvalue weighted by Crippen LogP contribution is -2.63. The van der Waals surface area contributed by atoms with Crippen LogP contribution < -0.4 is 4.74 Å². The lowest BCUT2D eigenvalue weighted by molar-refractivity contribution is -0.288. The van der Waals surface area contributed by atoms with Crippen LogP contribution in [0.1, 0.15) is 37.7 Å². The minimum atomic E-state index is -1.25. The Morgan fingerprint density at radius 2 is 1.42 bits per heavy atom. The van der Waals surface area contributed by atoms with E-state index in [9.17, 15) is 14.7 Å². The molecule has 0 unspecified atom stereocenters. The Morgan fingerprint density at radius 1 is 0.842 bits per heavy atom. The smallest absolute Gasteiger partial charge is 0.338 e. The molecule has 10 heteroatoms. The first-order chi connectivity index (χ1) is 18.3. The topological polar surface area (TPSA) is 126 Å². The van der Waals surface area contributed by atoms with Crippen LogP contribution in [0.25, 0.3) is 0 Å². The van der Waals surface area contributed by atoms with Crippen LogP contribution in [0.15, 0.2) is 60.7 Å². The standard InChI is InChI=1S/C28H30N2O8/c1-16-10-12-20(13-11-16)26(33)37-23-22(36-25(32)19-8-6-5-7-9-19)21(15-31)35-27(34-4)24(23)38-28-29-17(2)14-18(3)30-28/h5-14,21-24,27,31H,15H2,1-4H3/t21-,22-,23+,24-,27+/m1/s1. The van der Waals surface area contributed by atoms with Crippen LogP contribution >= 0.6 is 0 Å². The number of aryl methyl sites for hydroxylation is 3. The van der Waals surface area contributed by atoms with Gasteiger partial charge in [-0.1, -0.05) is 35.9 Å². The lowest BCUT2D eigenvalue weighted by atomic mass is 9.98. The molecule has 200 valence electrons. The second-order valence-electron chi connectivity index (χ2n) is 8.95. The van der Waals surface area contributed by atoms with Crippen molar-refractivity contribution in [2.24, 2.45) is 0 Å². The highest BCUT2D eigenvalue weighted by atomic mass is 16.7. The van der Waals surface area contributed by atoms with Gasteiger partial charge in [-0.2, -0.15) is 0 Å². The van der Waals surface area contributed by atoms with Gasteiger partial charge in [-0.05, 0) is 51.1 Å². The van der Waals surface area contributed by atoms with Crippen LogP contribution in [0.3, 0.4) is 0 Å². The number of aromatic nitrogens is 2. The Balaban J connectivity index is 1.72. The molecule has 2 heterocycles. The number of ether oxygens (including phenoxy) is 5. The van der Waals surface area contributed by atoms with Crippen LogP contribution in [0.4, 0.5) is 0 Å². The third kappa shape index (κ3) is 6.34. The Kier molecular flexibility index (Phi) is 8.67. The van der Waals surface area contributed by atoms with E-state index in [2.05, 4.69) is 9.97 Å². The zero-order valence-corrected chi connectivity index (χ0v) is 21.6. The van der Waals surface area contributed by atoms with Gasteiger partial charge < -0.3 is 28.8 Å². The van der Waals surface area contributed by atoms with Crippen molar-refractivity contribution in [2.45, 2.75) is 51.5 Å². The zero-order chi connectivity index (χ0) is 27.2. The Hall–Kier alpha value is -3.86. The molecule has 1 saturated heterocycles. The van der Waals surface area contributed by atoms with E-state index in [0.717, 1.165) is 5.56 Å². The Bertz CT molecular complexity index is 1230. The first-order valence-electron chi connectivity index (χ1n) is 12.1. The number of esters is 2. The van der Waals surface area contributed by atoms with Crippen LogP contribution in [0.2, 0.25) is 0 Å². The van der Waals surface area contributed by atoms with E-state index in [4.69, 9.17) is 23.7 Å². The molecule has 2 aromatic carbocycles. The summed E-state index contributed by atoms with van der Waals surface area (Å²) in [6, 6.07) is 16.9. The lowest BCUT2D eigenvalue weighted by Gasteiger charge is -2.43. The summed E-state index contributed by atoms with van der Waals surface area (Å²) in [5.74, 6) is -1.37. The van der Waals surface area contributed by atoms with Crippen LogP contribution in [0, 0.1) is 20.8 Å². The maximum atomic E-state index is 13.2. The number of aliphatic hydroxyl groups excluding tert-OH is 1. The van der Waals surface area contributed by atoms with Gasteiger partial charge in [0.2, 0.25) is 0 Å². The Morgan fingerprint density at radius 3 is 2.00 bits per heavy atom. The molecule has 0 aliphatic carbocycles. The summed E-state index contributed by atoms with van der Waals surface area (Å²) in [4.78, 5) is 34.9. The number of hydrogen-bond donors (Lipinski definition) is 1. The molecule has 0 bridgehead atoms. The normalized spacial score (nSPS) is 22.9. The molecule has 0 spiro atoms. The van der Waals surface area contributed by atoms with Crippen LogP contribution in [0.5, 0.6) is 6.01 Å². The van der Waals surface area contributed by atoms with E-state index in [1.165, 1.54) is 7.11 Å². The minimum absolute atomic E-state index is 0.00474. The van der Waals surface area contributed by atoms with Gasteiger partial charge in [0, 0.05) is 18.5 Å². The number of carbonyl (C=O) groups excluding carboxylic acids is 2. The van der Waals surface area contributed by atoms with Crippen molar-refractivity contribution in [1.82, 2.24) is 9.97 Å². The van der Waals surface area contributed by atoms with Crippen molar-refractivity contribution in [3.05, 3.63) is 88.7 Å². The van der Waals surface area contributed by atoms with E-state index in [1.807, 2.05) is 6.92 Å². The SMILES string of the molecule is CO[C@H]1O[C@H](CO)[C@@H](OC(=O)c2ccccc2)[C@H](OC(=O)c2ccc(C)cc2)[C@H]1Oc1nc(C)cc(C)n1. The third-order valence-electron chi connectivity index (χ3n) is 5.99. The number of benzene rings is 2. The van der Waals surface area contributed by atoms with Crippen LogP contribution in [-0.4, -0.2) is 71.4 Å². The van der Waals surface area contributed by atoms with Gasteiger partial charge in [-0.25, -0.2) is 19.6 Å². The average molecular weight is 523 g/mol. The summed E-state index contributed by atoms with van der Waals surface area (Å²) in [6.07, 6.45) is -5.84. The summed E-state index contributed by atoms with van der Waals surface area (Å²) >= 11 is 0. The summed E-state index contributed by atoms with van der Waals surface area (Å²) in [7, 11) is 1.38. The van der Waals surface area contributed by atoms with Gasteiger partial charge in [0.1, 0.15) is 6.10 Å². The molecule has 5 atom stereocenters. The van der Waals surface area contributed by atoms with Gasteiger partial charge in [0.25, 0.3) is 0 Å². The quantitative estimate of drug-likeness (QED) is 0.441. The number of nitrogens with zero attached hydrogens (tertiary/aromatic N) is 2. The zero-order valence-electron chi connectivity index (χ0n) is 21.6. The van der Waals surface area contributed by atoms with Gasteiger partial charge in [0.05, 0.1) is 17.7 Å². The van der Waals surface area contributed by atoms with E-state index < -0.39 is 49.3 Å². The molecule has 38 heavy (non-hydrogen) atoms. The van der Waals surface area contributed by atoms with Crippen molar-refractivity contribution in [1.29, 1.82) is 0 Å². The number of carbonyl (C=O) groups is 2. The molecule has 1 aromatic heterocycles. The van der Waals surface area contributed by atoms with Gasteiger partial charge >= 0.3 is 17.9 Å². The average Bonchev–Trinajstić information content (AvgIpc) is 2.90. The fraction of sp³-hybridized carbons (Fsp3) is 0.357. The van der Waals surface area contributed by atoms with Crippen LogP contribution in [-0.2, 0) is 18.9 Å². The minimum Gasteiger partial charge on any atom is -0.452 e. The van der Waals surface area contributed by atoms with Gasteiger partial charge in [0.15, 0.2) is 24.6 Å². The van der Waals surface area contributed by atoms with Crippen molar-refractivity contribution >= 4 is 11.9 Å². The summed E-state index contributed by atoms with van der Waals surface area (Å²) in [6.45, 7) is 4.93. The summed E-state index contributed by atoms with van der Waals surface area (Å²) in [5.41, 5.74) is 2.84. The maximum absolute atomic E-state index is 13.2. The Labute approximate surface area is 220 Å². The van der Waals surface area contributed by atoms with Gasteiger partial charge in [-0.15, -0.1) is 0 Å². The number of rotatable bonds is 8. The molecule has 0 saturated carbocycles. The van der Waals surface area contributed by atoms with E-state index in [-0.39, 0.29) is 17.1 Å². The summed E-state index contributed by atoms with van der Waals surface area (Å²) in [5, 5.41) is 10.1. The molecule has 3 aromatic rings. The maximum Gasteiger partial charge on any atom is 0.338 e. The van der Waals surface area contributed by atoms with E-state index in [1.54, 1.807) is 74.5 Å². The molecular formula is C28H30N2O8. The molecule has 1 aliphatic heterocycles. The predicted molar refractivity (Wildman–Crippen MR) is 135 cm³/mol. The fourth-order valence-corrected chi connectivity index (χ4v) is 4.13. The monoisotopic (exact) mass is 522 g/mol. The van der Waals surface area contributed by atoms with Crippen molar-refractivity contribution in [3.63, 3.8) is 0 Å². The number of hydrogen-bond acceptors (Lipinski definition) is 10.